The van der Waals surface area contributed by atoms with Crippen LogP contribution in [0.5, 0.6) is 0 Å². The lowest BCUT2D eigenvalue weighted by atomic mass is 10.1. The molecule has 2 aromatic heterocycles. The van der Waals surface area contributed by atoms with Crippen LogP contribution < -0.4 is 4.90 Å². The van der Waals surface area contributed by atoms with Crippen molar-refractivity contribution in [1.29, 1.82) is 0 Å². The highest BCUT2D eigenvalue weighted by molar-refractivity contribution is 5.87. The van der Waals surface area contributed by atoms with Crippen LogP contribution in [0.1, 0.15) is 37.8 Å². The predicted octanol–water partition coefficient (Wildman–Crippen LogP) is 4.06. The number of aryl methyl sites for hydroxylation is 2. The van der Waals surface area contributed by atoms with Crippen molar-refractivity contribution in [2.75, 3.05) is 18.0 Å². The molecular formula is C19H25N5. The van der Waals surface area contributed by atoms with Gasteiger partial charge in [0, 0.05) is 13.1 Å². The Labute approximate surface area is 143 Å². The summed E-state index contributed by atoms with van der Waals surface area (Å²) in [6.45, 7) is 10.6. The number of nitrogens with zero attached hydrogens (tertiary/aromatic N) is 5. The Bertz CT molecular complexity index is 837. The fraction of sp³-hybridized carbons (Fsp3) is 0.421. The normalized spacial score (nSPS) is 11.2. The van der Waals surface area contributed by atoms with Gasteiger partial charge in [-0.05, 0) is 50.5 Å². The zero-order valence-electron chi connectivity index (χ0n) is 15.0. The van der Waals surface area contributed by atoms with Gasteiger partial charge in [0.05, 0.1) is 17.3 Å². The molecule has 0 spiro atoms. The smallest absolute Gasteiger partial charge is 0.168 e. The van der Waals surface area contributed by atoms with Crippen LogP contribution in [-0.2, 0) is 0 Å². The van der Waals surface area contributed by atoms with E-state index in [-0.39, 0.29) is 0 Å². The predicted molar refractivity (Wildman–Crippen MR) is 98.9 cm³/mol. The van der Waals surface area contributed by atoms with Crippen molar-refractivity contribution < 1.29 is 0 Å². The van der Waals surface area contributed by atoms with E-state index in [2.05, 4.69) is 65.9 Å². The summed E-state index contributed by atoms with van der Waals surface area (Å²) in [6, 6.07) is 6.36. The number of aromatic nitrogens is 4. The molecule has 0 N–H and O–H groups in total. The second-order valence-corrected chi connectivity index (χ2v) is 6.19. The SMILES string of the molecule is CCCCN(CC)c1ncnc2c1cnn2-c1ccc(C)c(C)c1. The zero-order valence-corrected chi connectivity index (χ0v) is 15.0. The molecule has 0 radical (unpaired) electrons. The number of fused-ring (bicyclic) bond motifs is 1. The lowest BCUT2D eigenvalue weighted by molar-refractivity contribution is 0.725. The van der Waals surface area contributed by atoms with Crippen LogP contribution in [-0.4, -0.2) is 32.8 Å². The number of rotatable bonds is 6. The van der Waals surface area contributed by atoms with Crippen LogP contribution in [0.2, 0.25) is 0 Å². The van der Waals surface area contributed by atoms with Crippen LogP contribution >= 0.6 is 0 Å². The summed E-state index contributed by atoms with van der Waals surface area (Å²) in [7, 11) is 0. The van der Waals surface area contributed by atoms with Gasteiger partial charge in [-0.2, -0.15) is 5.10 Å². The summed E-state index contributed by atoms with van der Waals surface area (Å²) in [5.41, 5.74) is 4.43. The molecule has 3 rings (SSSR count). The number of hydrogen-bond donors (Lipinski definition) is 0. The maximum absolute atomic E-state index is 4.58. The van der Waals surface area contributed by atoms with Crippen molar-refractivity contribution in [2.24, 2.45) is 0 Å². The summed E-state index contributed by atoms with van der Waals surface area (Å²) in [5, 5.41) is 5.59. The van der Waals surface area contributed by atoms with E-state index in [4.69, 9.17) is 0 Å². The number of anilines is 1. The second kappa shape index (κ2) is 6.99. The van der Waals surface area contributed by atoms with Crippen LogP contribution in [0.4, 0.5) is 5.82 Å². The zero-order chi connectivity index (χ0) is 17.1. The number of unbranched alkanes of at least 4 members (excludes halogenated alkanes) is 1. The summed E-state index contributed by atoms with van der Waals surface area (Å²) in [6.07, 6.45) is 5.86. The van der Waals surface area contributed by atoms with Crippen molar-refractivity contribution in [2.45, 2.75) is 40.5 Å². The first-order chi connectivity index (χ1) is 11.7. The van der Waals surface area contributed by atoms with E-state index < -0.39 is 0 Å². The summed E-state index contributed by atoms with van der Waals surface area (Å²) in [5.74, 6) is 0.978. The highest BCUT2D eigenvalue weighted by Crippen LogP contribution is 2.25. The minimum atomic E-state index is 0.859. The first-order valence-electron chi connectivity index (χ1n) is 8.67. The Morgan fingerprint density at radius 2 is 1.92 bits per heavy atom. The Hall–Kier alpha value is -2.43. The van der Waals surface area contributed by atoms with Crippen LogP contribution in [0, 0.1) is 13.8 Å². The van der Waals surface area contributed by atoms with Crippen molar-refractivity contribution in [3.63, 3.8) is 0 Å². The molecule has 0 atom stereocenters. The van der Waals surface area contributed by atoms with Gasteiger partial charge >= 0.3 is 0 Å². The Kier molecular flexibility index (Phi) is 4.79. The fourth-order valence-corrected chi connectivity index (χ4v) is 2.89. The molecule has 1 aromatic carbocycles. The van der Waals surface area contributed by atoms with Gasteiger partial charge in [-0.15, -0.1) is 0 Å². The molecule has 0 unspecified atom stereocenters. The van der Waals surface area contributed by atoms with Gasteiger partial charge < -0.3 is 4.90 Å². The fourth-order valence-electron chi connectivity index (χ4n) is 2.89. The molecule has 0 aliphatic heterocycles. The Balaban J connectivity index is 2.07. The Morgan fingerprint density at radius 1 is 1.08 bits per heavy atom. The van der Waals surface area contributed by atoms with Crippen molar-refractivity contribution >= 4 is 16.9 Å². The molecule has 5 heteroatoms. The van der Waals surface area contributed by atoms with Gasteiger partial charge in [0.2, 0.25) is 0 Å². The molecule has 126 valence electrons. The monoisotopic (exact) mass is 323 g/mol. The van der Waals surface area contributed by atoms with Gasteiger partial charge in [-0.3, -0.25) is 0 Å². The topological polar surface area (TPSA) is 46.8 Å². The number of benzene rings is 1. The van der Waals surface area contributed by atoms with Crippen LogP contribution in [0.3, 0.4) is 0 Å². The minimum absolute atomic E-state index is 0.859. The van der Waals surface area contributed by atoms with Crippen molar-refractivity contribution in [3.05, 3.63) is 41.9 Å². The highest BCUT2D eigenvalue weighted by atomic mass is 15.3. The van der Waals surface area contributed by atoms with Crippen LogP contribution in [0.25, 0.3) is 16.7 Å². The average molecular weight is 323 g/mol. The molecule has 24 heavy (non-hydrogen) atoms. The molecule has 0 amide bonds. The first-order valence-corrected chi connectivity index (χ1v) is 8.67. The van der Waals surface area contributed by atoms with Gasteiger partial charge in [0.15, 0.2) is 5.65 Å². The summed E-state index contributed by atoms with van der Waals surface area (Å²) < 4.78 is 1.90. The van der Waals surface area contributed by atoms with E-state index in [0.29, 0.717) is 0 Å². The molecular weight excluding hydrogens is 298 g/mol. The van der Waals surface area contributed by atoms with E-state index in [1.807, 2.05) is 10.9 Å². The lowest BCUT2D eigenvalue weighted by Crippen LogP contribution is -2.25. The number of hydrogen-bond acceptors (Lipinski definition) is 4. The third-order valence-corrected chi connectivity index (χ3v) is 4.54. The molecule has 0 saturated carbocycles. The maximum Gasteiger partial charge on any atom is 0.168 e. The Morgan fingerprint density at radius 3 is 2.62 bits per heavy atom. The van der Waals surface area contributed by atoms with Gasteiger partial charge in [-0.25, -0.2) is 14.6 Å². The molecule has 0 saturated heterocycles. The van der Waals surface area contributed by atoms with Crippen molar-refractivity contribution in [1.82, 2.24) is 19.7 Å². The van der Waals surface area contributed by atoms with E-state index in [1.54, 1.807) is 6.33 Å². The van der Waals surface area contributed by atoms with E-state index in [9.17, 15) is 0 Å². The molecule has 0 aliphatic rings. The molecule has 3 aromatic rings. The van der Waals surface area contributed by atoms with Crippen LogP contribution in [0.15, 0.2) is 30.7 Å². The maximum atomic E-state index is 4.58. The molecule has 2 heterocycles. The van der Waals surface area contributed by atoms with E-state index in [1.165, 1.54) is 17.5 Å². The molecule has 0 bridgehead atoms. The lowest BCUT2D eigenvalue weighted by Gasteiger charge is -2.21. The second-order valence-electron chi connectivity index (χ2n) is 6.19. The van der Waals surface area contributed by atoms with Gasteiger partial charge in [0.1, 0.15) is 12.1 Å². The standard InChI is InChI=1S/C19H25N5/c1-5-7-10-23(6-2)18-17-12-22-24(19(17)21-13-20-18)16-9-8-14(3)15(4)11-16/h8-9,11-13H,5-7,10H2,1-4H3. The molecule has 0 fully saturated rings. The third kappa shape index (κ3) is 2.98. The summed E-state index contributed by atoms with van der Waals surface area (Å²) in [4.78, 5) is 11.3. The first kappa shape index (κ1) is 16.4. The largest absolute Gasteiger partial charge is 0.356 e. The minimum Gasteiger partial charge on any atom is -0.356 e. The van der Waals surface area contributed by atoms with E-state index >= 15 is 0 Å². The molecule has 0 aliphatic carbocycles. The quantitative estimate of drug-likeness (QED) is 0.686. The van der Waals surface area contributed by atoms with E-state index in [0.717, 1.165) is 42.0 Å². The molecule has 5 nitrogen and oxygen atoms in total. The van der Waals surface area contributed by atoms with Gasteiger partial charge in [0.25, 0.3) is 0 Å². The van der Waals surface area contributed by atoms with Crippen molar-refractivity contribution in [3.8, 4) is 5.69 Å². The third-order valence-electron chi connectivity index (χ3n) is 4.54. The summed E-state index contributed by atoms with van der Waals surface area (Å²) >= 11 is 0. The highest BCUT2D eigenvalue weighted by Gasteiger charge is 2.15. The average Bonchev–Trinajstić information content (AvgIpc) is 3.03. The van der Waals surface area contributed by atoms with Gasteiger partial charge in [-0.1, -0.05) is 19.4 Å².